The number of aromatic nitrogens is 6. The van der Waals surface area contributed by atoms with Gasteiger partial charge in [-0.2, -0.15) is 0 Å². The first-order valence-electron chi connectivity index (χ1n) is 7.78. The van der Waals surface area contributed by atoms with Crippen molar-refractivity contribution < 1.29 is 9.53 Å². The zero-order valence-electron chi connectivity index (χ0n) is 13.5. The molecule has 9 heteroatoms. The van der Waals surface area contributed by atoms with Crippen molar-refractivity contribution in [2.45, 2.75) is 18.8 Å². The average molecular weight is 337 g/mol. The molecule has 3 aromatic rings. The van der Waals surface area contributed by atoms with Crippen LogP contribution in [0.1, 0.15) is 34.9 Å². The van der Waals surface area contributed by atoms with Crippen LogP contribution in [-0.4, -0.2) is 43.2 Å². The molecule has 1 aliphatic rings. The first-order chi connectivity index (χ1) is 12.2. The second kappa shape index (κ2) is 6.27. The van der Waals surface area contributed by atoms with Crippen LogP contribution in [0.25, 0.3) is 5.69 Å². The van der Waals surface area contributed by atoms with Crippen molar-refractivity contribution >= 4 is 11.6 Å². The van der Waals surface area contributed by atoms with Gasteiger partial charge < -0.3 is 10.1 Å². The first kappa shape index (κ1) is 15.2. The molecular formula is C16H15N7O2. The molecule has 1 amide bonds. The van der Waals surface area contributed by atoms with Gasteiger partial charge in [-0.25, -0.2) is 14.6 Å². The van der Waals surface area contributed by atoms with Crippen molar-refractivity contribution in [3.05, 3.63) is 48.3 Å². The van der Waals surface area contributed by atoms with E-state index in [9.17, 15) is 4.79 Å². The smallest absolute Gasteiger partial charge is 0.258 e. The minimum Gasteiger partial charge on any atom is -0.497 e. The van der Waals surface area contributed by atoms with Crippen LogP contribution in [0.5, 0.6) is 5.75 Å². The highest BCUT2D eigenvalue weighted by molar-refractivity contribution is 6.04. The zero-order chi connectivity index (χ0) is 17.2. The van der Waals surface area contributed by atoms with Gasteiger partial charge in [0.2, 0.25) is 0 Å². The number of anilines is 1. The first-order valence-corrected chi connectivity index (χ1v) is 7.78. The molecule has 1 aliphatic carbocycles. The molecule has 4 rings (SSSR count). The van der Waals surface area contributed by atoms with Crippen molar-refractivity contribution in [2.24, 2.45) is 0 Å². The minimum atomic E-state index is -0.293. The molecule has 0 saturated heterocycles. The van der Waals surface area contributed by atoms with E-state index in [1.807, 2.05) is 0 Å². The van der Waals surface area contributed by atoms with E-state index in [1.54, 1.807) is 37.7 Å². The second-order valence-corrected chi connectivity index (χ2v) is 5.73. The third-order valence-corrected chi connectivity index (χ3v) is 3.87. The molecule has 25 heavy (non-hydrogen) atoms. The molecule has 1 fully saturated rings. The number of amides is 1. The summed E-state index contributed by atoms with van der Waals surface area (Å²) in [5, 5.41) is 13.9. The second-order valence-electron chi connectivity index (χ2n) is 5.73. The van der Waals surface area contributed by atoms with Crippen LogP contribution in [0, 0.1) is 0 Å². The number of nitrogens with zero attached hydrogens (tertiary/aromatic N) is 6. The summed E-state index contributed by atoms with van der Waals surface area (Å²) in [6.45, 7) is 0. The van der Waals surface area contributed by atoms with Crippen molar-refractivity contribution in [1.29, 1.82) is 0 Å². The van der Waals surface area contributed by atoms with Crippen molar-refractivity contribution in [2.75, 3.05) is 12.4 Å². The Kier molecular flexibility index (Phi) is 3.81. The van der Waals surface area contributed by atoms with Crippen LogP contribution in [-0.2, 0) is 0 Å². The van der Waals surface area contributed by atoms with Gasteiger partial charge in [-0.3, -0.25) is 4.79 Å². The van der Waals surface area contributed by atoms with E-state index in [-0.39, 0.29) is 5.91 Å². The van der Waals surface area contributed by atoms with Gasteiger partial charge in [-0.05, 0) is 29.3 Å². The van der Waals surface area contributed by atoms with E-state index < -0.39 is 0 Å². The van der Waals surface area contributed by atoms with Crippen LogP contribution in [0.2, 0.25) is 0 Å². The molecule has 126 valence electrons. The van der Waals surface area contributed by atoms with Gasteiger partial charge >= 0.3 is 0 Å². The summed E-state index contributed by atoms with van der Waals surface area (Å²) >= 11 is 0. The van der Waals surface area contributed by atoms with E-state index in [1.165, 1.54) is 11.0 Å². The standard InChI is InChI=1S/C16H15N7O2/c1-25-14-5-12(4-13(6-14)23-9-19-21-22-23)20-16(24)11-7-17-15(18-8-11)10-2-3-10/h4-10H,2-3H2,1H3,(H,20,24). The highest BCUT2D eigenvalue weighted by atomic mass is 16.5. The summed E-state index contributed by atoms with van der Waals surface area (Å²) in [5.41, 5.74) is 1.62. The van der Waals surface area contributed by atoms with Gasteiger partial charge in [-0.15, -0.1) is 5.10 Å². The molecule has 0 bridgehead atoms. The Labute approximate surface area is 143 Å². The molecule has 0 aliphatic heterocycles. The van der Waals surface area contributed by atoms with Gasteiger partial charge in [0.15, 0.2) is 0 Å². The van der Waals surface area contributed by atoms with E-state index >= 15 is 0 Å². The Morgan fingerprint density at radius 2 is 2.04 bits per heavy atom. The number of tetrazole rings is 1. The van der Waals surface area contributed by atoms with Crippen LogP contribution < -0.4 is 10.1 Å². The molecule has 1 saturated carbocycles. The molecule has 0 unspecified atom stereocenters. The number of carbonyl (C=O) groups is 1. The lowest BCUT2D eigenvalue weighted by Crippen LogP contribution is -2.13. The van der Waals surface area contributed by atoms with Crippen molar-refractivity contribution in [3.8, 4) is 11.4 Å². The summed E-state index contributed by atoms with van der Waals surface area (Å²) in [6.07, 6.45) is 6.81. The molecule has 0 radical (unpaired) electrons. The van der Waals surface area contributed by atoms with Crippen LogP contribution in [0.15, 0.2) is 36.9 Å². The molecule has 0 spiro atoms. The van der Waals surface area contributed by atoms with Gasteiger partial charge in [0, 0.05) is 36.1 Å². The summed E-state index contributed by atoms with van der Waals surface area (Å²) in [5.74, 6) is 1.54. The minimum absolute atomic E-state index is 0.293. The average Bonchev–Trinajstić information content (AvgIpc) is 3.35. The van der Waals surface area contributed by atoms with E-state index in [0.29, 0.717) is 28.6 Å². The highest BCUT2D eigenvalue weighted by Gasteiger charge is 2.26. The number of methoxy groups -OCH3 is 1. The van der Waals surface area contributed by atoms with Gasteiger partial charge in [0.1, 0.15) is 17.9 Å². The monoisotopic (exact) mass is 337 g/mol. The van der Waals surface area contributed by atoms with E-state index in [4.69, 9.17) is 4.74 Å². The zero-order valence-corrected chi connectivity index (χ0v) is 13.5. The van der Waals surface area contributed by atoms with Crippen LogP contribution >= 0.6 is 0 Å². The molecular weight excluding hydrogens is 322 g/mol. The number of hydrogen-bond donors (Lipinski definition) is 1. The number of ether oxygens (including phenoxy) is 1. The predicted molar refractivity (Wildman–Crippen MR) is 87.7 cm³/mol. The lowest BCUT2D eigenvalue weighted by molar-refractivity contribution is 0.102. The Bertz CT molecular complexity index is 889. The summed E-state index contributed by atoms with van der Waals surface area (Å²) < 4.78 is 6.75. The third kappa shape index (κ3) is 3.30. The number of hydrogen-bond acceptors (Lipinski definition) is 7. The normalized spacial score (nSPS) is 13.5. The van der Waals surface area contributed by atoms with Gasteiger partial charge in [-0.1, -0.05) is 0 Å². The maximum Gasteiger partial charge on any atom is 0.258 e. The number of rotatable bonds is 5. The fourth-order valence-electron chi connectivity index (χ4n) is 2.40. The molecule has 2 heterocycles. The van der Waals surface area contributed by atoms with Crippen molar-refractivity contribution in [1.82, 2.24) is 30.2 Å². The van der Waals surface area contributed by atoms with Crippen molar-refractivity contribution in [3.63, 3.8) is 0 Å². The number of carbonyl (C=O) groups excluding carboxylic acids is 1. The fraction of sp³-hybridized carbons (Fsp3) is 0.250. The van der Waals surface area contributed by atoms with E-state index in [0.717, 1.165) is 18.7 Å². The topological polar surface area (TPSA) is 108 Å². The maximum absolute atomic E-state index is 12.4. The largest absolute Gasteiger partial charge is 0.497 e. The van der Waals surface area contributed by atoms with Gasteiger partial charge in [0.25, 0.3) is 5.91 Å². The number of nitrogens with one attached hydrogen (secondary N) is 1. The third-order valence-electron chi connectivity index (χ3n) is 3.87. The Hall–Kier alpha value is -3.36. The summed E-state index contributed by atoms with van der Waals surface area (Å²) in [6, 6.07) is 5.22. The molecule has 9 nitrogen and oxygen atoms in total. The lowest BCUT2D eigenvalue weighted by Gasteiger charge is -2.10. The molecule has 2 aromatic heterocycles. The van der Waals surface area contributed by atoms with Gasteiger partial charge in [0.05, 0.1) is 18.4 Å². The predicted octanol–water partition coefficient (Wildman–Crippen LogP) is 1.59. The number of benzene rings is 1. The highest BCUT2D eigenvalue weighted by Crippen LogP contribution is 2.37. The Morgan fingerprint density at radius 1 is 1.24 bits per heavy atom. The quantitative estimate of drug-likeness (QED) is 0.753. The summed E-state index contributed by atoms with van der Waals surface area (Å²) in [4.78, 5) is 21.0. The molecule has 1 N–H and O–H groups in total. The maximum atomic E-state index is 12.4. The van der Waals surface area contributed by atoms with E-state index in [2.05, 4.69) is 30.8 Å². The summed E-state index contributed by atoms with van der Waals surface area (Å²) in [7, 11) is 1.55. The molecule has 0 atom stereocenters. The van der Waals surface area contributed by atoms with Crippen LogP contribution in [0.3, 0.4) is 0 Å². The Balaban J connectivity index is 1.56. The Morgan fingerprint density at radius 3 is 2.68 bits per heavy atom. The van der Waals surface area contributed by atoms with Crippen LogP contribution in [0.4, 0.5) is 5.69 Å². The fourth-order valence-corrected chi connectivity index (χ4v) is 2.40. The molecule has 1 aromatic carbocycles. The lowest BCUT2D eigenvalue weighted by atomic mass is 10.2. The SMILES string of the molecule is COc1cc(NC(=O)c2cnc(C3CC3)nc2)cc(-n2cnnn2)c1.